The van der Waals surface area contributed by atoms with Crippen LogP contribution in [0.3, 0.4) is 0 Å². The fraction of sp³-hybridized carbons (Fsp3) is 0. The summed E-state index contributed by atoms with van der Waals surface area (Å²) >= 11 is 0. The Labute approximate surface area is 282 Å². The summed E-state index contributed by atoms with van der Waals surface area (Å²) in [4.78, 5) is 25.0. The zero-order valence-electron chi connectivity index (χ0n) is 26.2. The van der Waals surface area contributed by atoms with E-state index in [4.69, 9.17) is 29.3 Å². The molecule has 0 bridgehead atoms. The highest BCUT2D eigenvalue weighted by molar-refractivity contribution is 6.08. The summed E-state index contributed by atoms with van der Waals surface area (Å²) in [6, 6.07) is 54.7. The molecule has 3 aromatic heterocycles. The molecule has 0 spiro atoms. The summed E-state index contributed by atoms with van der Waals surface area (Å²) in [5.41, 5.74) is 9.53. The third kappa shape index (κ3) is 5.41. The molecule has 6 nitrogen and oxygen atoms in total. The molecular weight excluding hydrogens is 603 g/mol. The Morgan fingerprint density at radius 2 is 0.796 bits per heavy atom. The Morgan fingerprint density at radius 1 is 0.327 bits per heavy atom. The number of nitrogens with zero attached hydrogens (tertiary/aromatic N) is 5. The molecule has 9 rings (SSSR count). The first kappa shape index (κ1) is 28.4. The van der Waals surface area contributed by atoms with Crippen LogP contribution in [-0.4, -0.2) is 24.9 Å². The Balaban J connectivity index is 1.24. The zero-order valence-corrected chi connectivity index (χ0v) is 26.2. The first-order valence-electron chi connectivity index (χ1n) is 16.1. The van der Waals surface area contributed by atoms with Gasteiger partial charge in [0.25, 0.3) is 0 Å². The average molecular weight is 630 g/mol. The number of hydrogen-bond donors (Lipinski definition) is 0. The molecule has 0 saturated carbocycles. The van der Waals surface area contributed by atoms with E-state index in [0.717, 1.165) is 55.4 Å². The quantitative estimate of drug-likeness (QED) is 0.182. The minimum atomic E-state index is 0.570. The van der Waals surface area contributed by atoms with Crippen LogP contribution in [0.5, 0.6) is 0 Å². The molecule has 0 saturated heterocycles. The van der Waals surface area contributed by atoms with Crippen molar-refractivity contribution in [2.24, 2.45) is 0 Å². The maximum atomic E-state index is 6.55. The van der Waals surface area contributed by atoms with Gasteiger partial charge in [0.1, 0.15) is 16.8 Å². The number of rotatable bonds is 6. The van der Waals surface area contributed by atoms with Crippen LogP contribution >= 0.6 is 0 Å². The molecule has 0 atom stereocenters. The van der Waals surface area contributed by atoms with Gasteiger partial charge in [0.05, 0.1) is 0 Å². The molecule has 0 aliphatic rings. The lowest BCUT2D eigenvalue weighted by Crippen LogP contribution is -2.00. The van der Waals surface area contributed by atoms with Crippen LogP contribution in [0.4, 0.5) is 0 Å². The van der Waals surface area contributed by atoms with Crippen molar-refractivity contribution in [3.63, 3.8) is 0 Å². The number of aromatic nitrogens is 5. The second-order valence-electron chi connectivity index (χ2n) is 11.7. The average Bonchev–Trinajstić information content (AvgIpc) is 3.57. The van der Waals surface area contributed by atoms with Crippen LogP contribution in [0.1, 0.15) is 0 Å². The largest absolute Gasteiger partial charge is 0.452 e. The molecule has 6 aromatic carbocycles. The van der Waals surface area contributed by atoms with Gasteiger partial charge in [0.15, 0.2) is 28.9 Å². The standard InChI is InChI=1S/C43H27N5O/c1-5-14-28(15-6-1)32-24-25-36-35(27-32)38-39(49-36)37(44-40(45-38)29-16-7-2-8-17-29)33-22-13-23-34(26-33)43-47-41(30-18-9-3-10-19-30)46-42(48-43)31-20-11-4-12-21-31/h1-27H. The second kappa shape index (κ2) is 12.1. The van der Waals surface area contributed by atoms with E-state index in [1.807, 2.05) is 133 Å². The summed E-state index contributed by atoms with van der Waals surface area (Å²) in [5.74, 6) is 2.41. The fourth-order valence-corrected chi connectivity index (χ4v) is 6.11. The highest BCUT2D eigenvalue weighted by Gasteiger charge is 2.20. The summed E-state index contributed by atoms with van der Waals surface area (Å²) in [6.45, 7) is 0. The van der Waals surface area contributed by atoms with Crippen LogP contribution in [0.2, 0.25) is 0 Å². The van der Waals surface area contributed by atoms with E-state index in [2.05, 4.69) is 30.3 Å². The van der Waals surface area contributed by atoms with Gasteiger partial charge in [-0.1, -0.05) is 146 Å². The van der Waals surface area contributed by atoms with Crippen LogP contribution in [0.25, 0.3) is 90.0 Å². The van der Waals surface area contributed by atoms with Gasteiger partial charge in [-0.25, -0.2) is 24.9 Å². The predicted molar refractivity (Wildman–Crippen MR) is 195 cm³/mol. The molecule has 49 heavy (non-hydrogen) atoms. The van der Waals surface area contributed by atoms with E-state index >= 15 is 0 Å². The molecule has 0 aliphatic heterocycles. The van der Waals surface area contributed by atoms with Gasteiger partial charge in [0, 0.05) is 33.2 Å². The topological polar surface area (TPSA) is 77.6 Å². The van der Waals surface area contributed by atoms with Crippen molar-refractivity contribution in [1.29, 1.82) is 0 Å². The number of furan rings is 1. The number of benzene rings is 6. The molecule has 3 heterocycles. The van der Waals surface area contributed by atoms with Crippen molar-refractivity contribution in [3.8, 4) is 67.9 Å². The maximum absolute atomic E-state index is 6.55. The van der Waals surface area contributed by atoms with Crippen molar-refractivity contribution < 1.29 is 4.42 Å². The van der Waals surface area contributed by atoms with Gasteiger partial charge >= 0.3 is 0 Å². The third-order valence-corrected chi connectivity index (χ3v) is 8.54. The van der Waals surface area contributed by atoms with Crippen LogP contribution < -0.4 is 0 Å². The second-order valence-corrected chi connectivity index (χ2v) is 11.7. The van der Waals surface area contributed by atoms with Crippen molar-refractivity contribution in [2.45, 2.75) is 0 Å². The Kier molecular flexibility index (Phi) is 7.02. The van der Waals surface area contributed by atoms with Gasteiger partial charge in [-0.3, -0.25) is 0 Å². The van der Waals surface area contributed by atoms with Gasteiger partial charge in [-0.15, -0.1) is 0 Å². The summed E-state index contributed by atoms with van der Waals surface area (Å²) in [5, 5.41) is 0.936. The Hall–Kier alpha value is -6.79. The van der Waals surface area contributed by atoms with Crippen molar-refractivity contribution in [2.75, 3.05) is 0 Å². The third-order valence-electron chi connectivity index (χ3n) is 8.54. The lowest BCUT2D eigenvalue weighted by molar-refractivity contribution is 0.667. The molecule has 0 amide bonds. The molecule has 0 aliphatic carbocycles. The zero-order chi connectivity index (χ0) is 32.6. The minimum absolute atomic E-state index is 0.570. The molecule has 0 unspecified atom stereocenters. The van der Waals surface area contributed by atoms with E-state index < -0.39 is 0 Å². The lowest BCUT2D eigenvalue weighted by Gasteiger charge is -2.10. The molecule has 6 heteroatoms. The van der Waals surface area contributed by atoms with Gasteiger partial charge < -0.3 is 4.42 Å². The minimum Gasteiger partial charge on any atom is -0.452 e. The highest BCUT2D eigenvalue weighted by Crippen LogP contribution is 2.38. The lowest BCUT2D eigenvalue weighted by atomic mass is 10.0. The number of fused-ring (bicyclic) bond motifs is 3. The van der Waals surface area contributed by atoms with E-state index in [-0.39, 0.29) is 0 Å². The monoisotopic (exact) mass is 629 g/mol. The van der Waals surface area contributed by atoms with Crippen molar-refractivity contribution in [3.05, 3.63) is 164 Å². The van der Waals surface area contributed by atoms with Crippen LogP contribution in [0, 0.1) is 0 Å². The van der Waals surface area contributed by atoms with Crippen LogP contribution in [0.15, 0.2) is 168 Å². The fourth-order valence-electron chi connectivity index (χ4n) is 6.11. The first-order chi connectivity index (χ1) is 24.3. The van der Waals surface area contributed by atoms with Gasteiger partial charge in [0.2, 0.25) is 0 Å². The molecule has 230 valence electrons. The normalized spacial score (nSPS) is 11.3. The van der Waals surface area contributed by atoms with Gasteiger partial charge in [-0.2, -0.15) is 0 Å². The van der Waals surface area contributed by atoms with E-state index in [9.17, 15) is 0 Å². The van der Waals surface area contributed by atoms with E-state index in [1.165, 1.54) is 0 Å². The number of hydrogen-bond acceptors (Lipinski definition) is 6. The summed E-state index contributed by atoms with van der Waals surface area (Å²) in [6.07, 6.45) is 0. The SMILES string of the molecule is c1ccc(-c2ccc3oc4c(-c5cccc(-c6nc(-c7ccccc7)nc(-c7ccccc7)n6)c5)nc(-c5ccccc5)nc4c3c2)cc1. The first-order valence-corrected chi connectivity index (χ1v) is 16.1. The van der Waals surface area contributed by atoms with Crippen LogP contribution in [-0.2, 0) is 0 Å². The highest BCUT2D eigenvalue weighted by atomic mass is 16.3. The molecule has 9 aromatic rings. The maximum Gasteiger partial charge on any atom is 0.180 e. The predicted octanol–water partition coefficient (Wildman–Crippen LogP) is 10.6. The smallest absolute Gasteiger partial charge is 0.180 e. The summed E-state index contributed by atoms with van der Waals surface area (Å²) in [7, 11) is 0. The molecule has 0 fully saturated rings. The van der Waals surface area contributed by atoms with Gasteiger partial charge in [-0.05, 0) is 29.3 Å². The van der Waals surface area contributed by atoms with Crippen molar-refractivity contribution in [1.82, 2.24) is 24.9 Å². The van der Waals surface area contributed by atoms with E-state index in [0.29, 0.717) is 34.6 Å². The molecule has 0 radical (unpaired) electrons. The van der Waals surface area contributed by atoms with E-state index in [1.54, 1.807) is 0 Å². The molecule has 0 N–H and O–H groups in total. The summed E-state index contributed by atoms with van der Waals surface area (Å²) < 4.78 is 6.55. The Morgan fingerprint density at radius 3 is 1.37 bits per heavy atom. The molecular formula is C43H27N5O. The Bertz CT molecular complexity index is 2530. The van der Waals surface area contributed by atoms with Crippen molar-refractivity contribution >= 4 is 22.1 Å².